The van der Waals surface area contributed by atoms with Gasteiger partial charge in [0.25, 0.3) is 0 Å². The molecule has 5 heteroatoms. The van der Waals surface area contributed by atoms with Gasteiger partial charge in [0, 0.05) is 6.54 Å². The van der Waals surface area contributed by atoms with E-state index >= 15 is 0 Å². The van der Waals surface area contributed by atoms with Gasteiger partial charge in [0.1, 0.15) is 10.4 Å². The van der Waals surface area contributed by atoms with Crippen molar-refractivity contribution in [1.82, 2.24) is 4.90 Å². The predicted octanol–water partition coefficient (Wildman–Crippen LogP) is 2.95. The highest BCUT2D eigenvalue weighted by Crippen LogP contribution is 2.40. The number of rotatable bonds is 2. The van der Waals surface area contributed by atoms with Crippen LogP contribution in [0.15, 0.2) is 22.1 Å². The molecule has 0 saturated carbocycles. The molecule has 0 spiro atoms. The number of nitrogens with zero attached hydrogens (tertiary/aromatic N) is 2. The summed E-state index contributed by atoms with van der Waals surface area (Å²) in [7, 11) is 0. The summed E-state index contributed by atoms with van der Waals surface area (Å²) in [5.41, 5.74) is 1.38. The van der Waals surface area contributed by atoms with Crippen LogP contribution < -0.4 is 0 Å². The Bertz CT molecular complexity index is 352. The van der Waals surface area contributed by atoms with E-state index < -0.39 is 0 Å². The molecule has 0 unspecified atom stereocenters. The van der Waals surface area contributed by atoms with Crippen molar-refractivity contribution in [1.29, 1.82) is 5.26 Å². The van der Waals surface area contributed by atoms with Crippen molar-refractivity contribution >= 4 is 40.1 Å². The monoisotopic (exact) mass is 242 g/mol. The Hall–Kier alpha value is -0.440. The van der Waals surface area contributed by atoms with Crippen LogP contribution in [0.5, 0.6) is 0 Å². The number of hydrogen-bond acceptors (Lipinski definition) is 4. The summed E-state index contributed by atoms with van der Waals surface area (Å²) in [6.07, 6.45) is 1.94. The van der Waals surface area contributed by atoms with Gasteiger partial charge in [-0.2, -0.15) is 5.26 Å². The predicted molar refractivity (Wildman–Crippen MR) is 67.9 cm³/mol. The van der Waals surface area contributed by atoms with Gasteiger partial charge in [-0.25, -0.2) is 0 Å². The molecular weight excluding hydrogens is 232 g/mol. The lowest BCUT2D eigenvalue weighted by Gasteiger charge is -2.30. The Kier molecular flexibility index (Phi) is 4.05. The first-order valence-corrected chi connectivity index (χ1v) is 6.47. The molecule has 0 aromatic heterocycles. The molecule has 0 aromatic carbocycles. The third kappa shape index (κ3) is 1.97. The van der Waals surface area contributed by atoms with Gasteiger partial charge in [-0.3, -0.25) is 0 Å². The molecule has 74 valence electrons. The van der Waals surface area contributed by atoms with Crippen molar-refractivity contribution in [2.24, 2.45) is 0 Å². The van der Waals surface area contributed by atoms with Crippen LogP contribution in [-0.4, -0.2) is 22.0 Å². The Balaban J connectivity index is 3.14. The summed E-state index contributed by atoms with van der Waals surface area (Å²) in [5.74, 6) is 0. The average molecular weight is 242 g/mol. The highest BCUT2D eigenvalue weighted by Gasteiger charge is 2.25. The van der Waals surface area contributed by atoms with Crippen molar-refractivity contribution in [2.45, 2.75) is 6.92 Å². The number of thioether (sulfide) groups is 2. The van der Waals surface area contributed by atoms with Crippen LogP contribution in [0.2, 0.25) is 0 Å². The van der Waals surface area contributed by atoms with E-state index in [9.17, 15) is 0 Å². The SMILES string of the molecule is C=C1C(C#N)=C(SC)SC(=S)N1CC. The van der Waals surface area contributed by atoms with E-state index in [0.29, 0.717) is 5.57 Å². The van der Waals surface area contributed by atoms with Gasteiger partial charge in [0.15, 0.2) is 0 Å². The Morgan fingerprint density at radius 2 is 2.36 bits per heavy atom. The van der Waals surface area contributed by atoms with Gasteiger partial charge in [0.05, 0.1) is 15.5 Å². The molecule has 0 amide bonds. The average Bonchev–Trinajstić information content (AvgIpc) is 2.17. The van der Waals surface area contributed by atoms with E-state index in [1.54, 1.807) is 11.8 Å². The fourth-order valence-electron chi connectivity index (χ4n) is 1.12. The zero-order chi connectivity index (χ0) is 10.7. The normalized spacial score (nSPS) is 17.4. The molecule has 0 aromatic rings. The maximum atomic E-state index is 9.00. The number of likely N-dealkylation sites (N-methyl/N-ethyl adjacent to an activating group) is 1. The van der Waals surface area contributed by atoms with Crippen LogP contribution in [0.4, 0.5) is 0 Å². The van der Waals surface area contributed by atoms with E-state index in [2.05, 4.69) is 12.6 Å². The summed E-state index contributed by atoms with van der Waals surface area (Å²) in [6.45, 7) is 6.66. The number of allylic oxidation sites excluding steroid dienone is 1. The topological polar surface area (TPSA) is 27.0 Å². The van der Waals surface area contributed by atoms with E-state index in [1.165, 1.54) is 11.8 Å². The molecule has 0 bridgehead atoms. The molecule has 2 nitrogen and oxygen atoms in total. The number of thiocarbonyl (C=S) groups is 1. The molecule has 0 aliphatic carbocycles. The van der Waals surface area contributed by atoms with Gasteiger partial charge in [-0.1, -0.05) is 30.6 Å². The quantitative estimate of drug-likeness (QED) is 0.694. The van der Waals surface area contributed by atoms with E-state index in [-0.39, 0.29) is 0 Å². The van der Waals surface area contributed by atoms with E-state index in [1.807, 2.05) is 18.1 Å². The second-order valence-corrected chi connectivity index (χ2v) is 5.26. The Labute approximate surface area is 98.0 Å². The molecule has 0 fully saturated rings. The molecule has 0 atom stereocenters. The molecule has 1 heterocycles. The van der Waals surface area contributed by atoms with E-state index in [0.717, 1.165) is 20.8 Å². The third-order valence-electron chi connectivity index (χ3n) is 1.83. The van der Waals surface area contributed by atoms with Crippen molar-refractivity contribution < 1.29 is 0 Å². The highest BCUT2D eigenvalue weighted by molar-refractivity contribution is 8.34. The maximum absolute atomic E-state index is 9.00. The van der Waals surface area contributed by atoms with Gasteiger partial charge in [-0.15, -0.1) is 11.8 Å². The Morgan fingerprint density at radius 1 is 1.71 bits per heavy atom. The van der Waals surface area contributed by atoms with Crippen LogP contribution in [0, 0.1) is 11.3 Å². The largest absolute Gasteiger partial charge is 0.327 e. The molecule has 0 N–H and O–H groups in total. The lowest BCUT2D eigenvalue weighted by Crippen LogP contribution is -2.29. The van der Waals surface area contributed by atoms with Crippen molar-refractivity contribution in [3.05, 3.63) is 22.1 Å². The summed E-state index contributed by atoms with van der Waals surface area (Å²) < 4.78 is 1.73. The van der Waals surface area contributed by atoms with Gasteiger partial charge >= 0.3 is 0 Å². The van der Waals surface area contributed by atoms with Gasteiger partial charge < -0.3 is 4.90 Å². The second kappa shape index (κ2) is 4.87. The van der Waals surface area contributed by atoms with Crippen LogP contribution in [0.25, 0.3) is 0 Å². The lowest BCUT2D eigenvalue weighted by atomic mass is 10.2. The minimum atomic E-state index is 0.651. The van der Waals surface area contributed by atoms with Crippen LogP contribution >= 0.6 is 35.7 Å². The zero-order valence-corrected chi connectivity index (χ0v) is 10.5. The summed E-state index contributed by atoms with van der Waals surface area (Å²) in [6, 6.07) is 2.18. The fourth-order valence-corrected chi connectivity index (χ4v) is 3.48. The summed E-state index contributed by atoms with van der Waals surface area (Å²) in [4.78, 5) is 1.89. The minimum absolute atomic E-state index is 0.651. The summed E-state index contributed by atoms with van der Waals surface area (Å²) in [5, 5.41) is 9.00. The molecule has 14 heavy (non-hydrogen) atoms. The molecular formula is C9H10N2S3. The third-order valence-corrected chi connectivity index (χ3v) is 4.41. The Morgan fingerprint density at radius 3 is 2.79 bits per heavy atom. The highest BCUT2D eigenvalue weighted by atomic mass is 32.2. The second-order valence-electron chi connectivity index (χ2n) is 2.54. The molecule has 1 aliphatic rings. The lowest BCUT2D eigenvalue weighted by molar-refractivity contribution is 0.574. The van der Waals surface area contributed by atoms with Crippen LogP contribution in [0.3, 0.4) is 0 Å². The first-order valence-electron chi connectivity index (χ1n) is 4.02. The number of nitriles is 1. The van der Waals surface area contributed by atoms with Crippen molar-refractivity contribution in [2.75, 3.05) is 12.8 Å². The first-order chi connectivity index (χ1) is 6.65. The molecule has 1 aliphatic heterocycles. The van der Waals surface area contributed by atoms with Gasteiger partial charge in [-0.05, 0) is 13.2 Å². The van der Waals surface area contributed by atoms with E-state index in [4.69, 9.17) is 17.5 Å². The summed E-state index contributed by atoms with van der Waals surface area (Å²) >= 11 is 8.23. The number of hydrogen-bond donors (Lipinski definition) is 0. The minimum Gasteiger partial charge on any atom is -0.327 e. The van der Waals surface area contributed by atoms with Crippen LogP contribution in [-0.2, 0) is 0 Å². The molecule has 1 rings (SSSR count). The molecule has 0 radical (unpaired) electrons. The smallest absolute Gasteiger partial charge is 0.146 e. The van der Waals surface area contributed by atoms with Gasteiger partial charge in [0.2, 0.25) is 0 Å². The first kappa shape index (κ1) is 11.6. The van der Waals surface area contributed by atoms with Crippen molar-refractivity contribution in [3.63, 3.8) is 0 Å². The molecule has 0 saturated heterocycles. The fraction of sp³-hybridized carbons (Fsp3) is 0.333. The standard InChI is InChI=1S/C9H10N2S3/c1-4-11-6(2)7(5-10)8(13-3)14-9(11)12/h2,4H2,1,3H3. The zero-order valence-electron chi connectivity index (χ0n) is 8.03. The van der Waals surface area contributed by atoms with Crippen molar-refractivity contribution in [3.8, 4) is 6.07 Å². The maximum Gasteiger partial charge on any atom is 0.146 e. The van der Waals surface area contributed by atoms with Crippen LogP contribution in [0.1, 0.15) is 6.92 Å².